The quantitative estimate of drug-likeness (QED) is 0.704. The summed E-state index contributed by atoms with van der Waals surface area (Å²) in [5.74, 6) is 0.922. The third-order valence-electron chi connectivity index (χ3n) is 3.24. The van der Waals surface area contributed by atoms with E-state index in [1.165, 1.54) is 0 Å². The van der Waals surface area contributed by atoms with Crippen molar-refractivity contribution in [1.82, 2.24) is 10.2 Å². The molecule has 0 radical (unpaired) electrons. The number of furan rings is 1. The molecular weight excluding hydrogens is 240 g/mol. The van der Waals surface area contributed by atoms with Crippen LogP contribution in [-0.2, 0) is 6.54 Å². The number of fused-ring (bicyclic) bond motifs is 1. The Labute approximate surface area is 111 Å². The molecule has 0 aliphatic carbocycles. The second-order valence-corrected chi connectivity index (χ2v) is 4.46. The molecule has 0 amide bonds. The lowest BCUT2D eigenvalue weighted by Gasteiger charge is -2.23. The Balaban J connectivity index is 1.97. The fourth-order valence-corrected chi connectivity index (χ4v) is 2.23. The molecule has 0 aliphatic heterocycles. The fourth-order valence-electron chi connectivity index (χ4n) is 2.23. The van der Waals surface area contributed by atoms with Crippen molar-refractivity contribution < 1.29 is 4.42 Å². The van der Waals surface area contributed by atoms with Crippen LogP contribution in [0.3, 0.4) is 0 Å². The third kappa shape index (κ3) is 2.14. The number of nitrogens with one attached hydrogen (secondary N) is 1. The van der Waals surface area contributed by atoms with E-state index >= 15 is 0 Å². The summed E-state index contributed by atoms with van der Waals surface area (Å²) < 4.78 is 5.40. The summed E-state index contributed by atoms with van der Waals surface area (Å²) in [4.78, 5) is 2.18. The molecule has 3 aromatic rings. The Morgan fingerprint density at radius 2 is 2.32 bits per heavy atom. The Morgan fingerprint density at radius 3 is 3.05 bits per heavy atom. The Hall–Kier alpha value is -2.43. The maximum atomic E-state index is 6.14. The van der Waals surface area contributed by atoms with Gasteiger partial charge in [0.2, 0.25) is 0 Å². The number of hydrogen-bond donors (Lipinski definition) is 2. The summed E-state index contributed by atoms with van der Waals surface area (Å²) in [6, 6.07) is 7.83. The largest absolute Gasteiger partial charge is 0.467 e. The zero-order chi connectivity index (χ0) is 13.2. The predicted molar refractivity (Wildman–Crippen MR) is 75.9 cm³/mol. The number of hydrogen-bond acceptors (Lipinski definition) is 4. The van der Waals surface area contributed by atoms with Gasteiger partial charge in [-0.2, -0.15) is 5.10 Å². The molecule has 0 saturated carbocycles. The van der Waals surface area contributed by atoms with Gasteiger partial charge in [-0.3, -0.25) is 5.10 Å². The van der Waals surface area contributed by atoms with Gasteiger partial charge in [-0.1, -0.05) is 0 Å². The highest BCUT2D eigenvalue weighted by atomic mass is 16.3. The molecule has 98 valence electrons. The zero-order valence-corrected chi connectivity index (χ0v) is 10.8. The SMILES string of the molecule is CCN(Cc1ccco1)c1cc2[nH]ncc2cc1N. The minimum Gasteiger partial charge on any atom is -0.467 e. The molecular formula is C14H16N4O. The van der Waals surface area contributed by atoms with Gasteiger partial charge in [0.25, 0.3) is 0 Å². The van der Waals surface area contributed by atoms with Gasteiger partial charge in [0.15, 0.2) is 0 Å². The van der Waals surface area contributed by atoms with E-state index < -0.39 is 0 Å². The van der Waals surface area contributed by atoms with Crippen molar-refractivity contribution in [3.63, 3.8) is 0 Å². The number of H-pyrrole nitrogens is 1. The molecule has 19 heavy (non-hydrogen) atoms. The number of aromatic amines is 1. The van der Waals surface area contributed by atoms with Crippen molar-refractivity contribution in [2.24, 2.45) is 0 Å². The molecule has 0 atom stereocenters. The van der Waals surface area contributed by atoms with Crippen molar-refractivity contribution in [2.45, 2.75) is 13.5 Å². The number of anilines is 2. The predicted octanol–water partition coefficient (Wildman–Crippen LogP) is 2.76. The van der Waals surface area contributed by atoms with E-state index in [4.69, 9.17) is 10.2 Å². The Morgan fingerprint density at radius 1 is 1.42 bits per heavy atom. The molecule has 0 saturated heterocycles. The van der Waals surface area contributed by atoms with Crippen LogP contribution in [-0.4, -0.2) is 16.7 Å². The first kappa shape index (κ1) is 11.6. The van der Waals surface area contributed by atoms with Gasteiger partial charge in [-0.25, -0.2) is 0 Å². The van der Waals surface area contributed by atoms with Gasteiger partial charge >= 0.3 is 0 Å². The first-order chi connectivity index (χ1) is 9.28. The molecule has 0 aliphatic rings. The number of nitrogen functional groups attached to an aromatic ring is 1. The van der Waals surface area contributed by atoms with E-state index in [-0.39, 0.29) is 0 Å². The minimum atomic E-state index is 0.702. The van der Waals surface area contributed by atoms with Crippen LogP contribution >= 0.6 is 0 Å². The van der Waals surface area contributed by atoms with Crippen molar-refractivity contribution in [2.75, 3.05) is 17.2 Å². The van der Waals surface area contributed by atoms with E-state index in [9.17, 15) is 0 Å². The molecule has 0 fully saturated rings. The fraction of sp³-hybridized carbons (Fsp3) is 0.214. The smallest absolute Gasteiger partial charge is 0.123 e. The number of benzene rings is 1. The van der Waals surface area contributed by atoms with Gasteiger partial charge in [0, 0.05) is 11.9 Å². The standard InChI is InChI=1S/C14H16N4O/c1-2-18(9-11-4-3-5-19-11)14-7-13-10(6-12(14)15)8-16-17-13/h3-8H,2,9,15H2,1H3,(H,16,17). The van der Waals surface area contributed by atoms with Crippen LogP contribution in [0.4, 0.5) is 11.4 Å². The van der Waals surface area contributed by atoms with Crippen LogP contribution in [0, 0.1) is 0 Å². The van der Waals surface area contributed by atoms with Crippen molar-refractivity contribution >= 4 is 22.3 Å². The normalized spacial score (nSPS) is 11.0. The number of aromatic nitrogens is 2. The molecule has 3 rings (SSSR count). The highest BCUT2D eigenvalue weighted by molar-refractivity contribution is 5.88. The van der Waals surface area contributed by atoms with E-state index in [0.29, 0.717) is 6.54 Å². The van der Waals surface area contributed by atoms with Crippen molar-refractivity contribution in [3.05, 3.63) is 42.5 Å². The first-order valence-electron chi connectivity index (χ1n) is 6.28. The van der Waals surface area contributed by atoms with E-state index in [0.717, 1.165) is 34.6 Å². The minimum absolute atomic E-state index is 0.702. The molecule has 0 bridgehead atoms. The third-order valence-corrected chi connectivity index (χ3v) is 3.24. The van der Waals surface area contributed by atoms with Crippen LogP contribution in [0.2, 0.25) is 0 Å². The molecule has 2 heterocycles. The maximum Gasteiger partial charge on any atom is 0.123 e. The van der Waals surface area contributed by atoms with Gasteiger partial charge in [-0.05, 0) is 31.2 Å². The average Bonchev–Trinajstić information content (AvgIpc) is 3.05. The summed E-state index contributed by atoms with van der Waals surface area (Å²) in [6.07, 6.45) is 3.46. The Bertz CT molecular complexity index is 672. The number of rotatable bonds is 4. The van der Waals surface area contributed by atoms with Gasteiger partial charge in [0.1, 0.15) is 5.76 Å². The highest BCUT2D eigenvalue weighted by Gasteiger charge is 2.12. The maximum absolute atomic E-state index is 6.14. The van der Waals surface area contributed by atoms with Crippen LogP contribution in [0.15, 0.2) is 41.1 Å². The topological polar surface area (TPSA) is 71.1 Å². The lowest BCUT2D eigenvalue weighted by atomic mass is 10.2. The van der Waals surface area contributed by atoms with Crippen LogP contribution in [0.1, 0.15) is 12.7 Å². The molecule has 0 unspecified atom stereocenters. The molecule has 3 N–H and O–H groups in total. The van der Waals surface area contributed by atoms with Crippen molar-refractivity contribution in [3.8, 4) is 0 Å². The lowest BCUT2D eigenvalue weighted by molar-refractivity contribution is 0.504. The lowest BCUT2D eigenvalue weighted by Crippen LogP contribution is -2.22. The second kappa shape index (κ2) is 4.68. The van der Waals surface area contributed by atoms with E-state index in [2.05, 4.69) is 22.0 Å². The molecule has 0 spiro atoms. The Kier molecular flexibility index (Phi) is 2.87. The molecule has 1 aromatic carbocycles. The average molecular weight is 256 g/mol. The zero-order valence-electron chi connectivity index (χ0n) is 10.8. The summed E-state index contributed by atoms with van der Waals surface area (Å²) in [6.45, 7) is 3.65. The van der Waals surface area contributed by atoms with Gasteiger partial charge < -0.3 is 15.1 Å². The second-order valence-electron chi connectivity index (χ2n) is 4.46. The molecule has 2 aromatic heterocycles. The highest BCUT2D eigenvalue weighted by Crippen LogP contribution is 2.29. The first-order valence-corrected chi connectivity index (χ1v) is 6.28. The summed E-state index contributed by atoms with van der Waals surface area (Å²) in [7, 11) is 0. The van der Waals surface area contributed by atoms with Gasteiger partial charge in [0.05, 0.1) is 35.9 Å². The summed E-state index contributed by atoms with van der Waals surface area (Å²) in [5, 5.41) is 8.02. The van der Waals surface area contributed by atoms with Crippen LogP contribution in [0.5, 0.6) is 0 Å². The summed E-state index contributed by atoms with van der Waals surface area (Å²) >= 11 is 0. The van der Waals surface area contributed by atoms with Crippen LogP contribution < -0.4 is 10.6 Å². The number of nitrogens with zero attached hydrogens (tertiary/aromatic N) is 2. The van der Waals surface area contributed by atoms with E-state index in [1.54, 1.807) is 12.5 Å². The van der Waals surface area contributed by atoms with Crippen LogP contribution in [0.25, 0.3) is 10.9 Å². The van der Waals surface area contributed by atoms with Gasteiger partial charge in [-0.15, -0.1) is 0 Å². The summed E-state index contributed by atoms with van der Waals surface area (Å²) in [5.41, 5.74) is 8.87. The number of nitrogens with two attached hydrogens (primary N) is 1. The monoisotopic (exact) mass is 256 g/mol. The van der Waals surface area contributed by atoms with Crippen molar-refractivity contribution in [1.29, 1.82) is 0 Å². The van der Waals surface area contributed by atoms with E-state index in [1.807, 2.05) is 24.3 Å². The molecule has 5 heteroatoms. The molecule has 5 nitrogen and oxygen atoms in total.